The second-order valence-corrected chi connectivity index (χ2v) is 3.73. The molecule has 16 heavy (non-hydrogen) atoms. The minimum absolute atomic E-state index is 0.0968. The number of amides is 1. The van der Waals surface area contributed by atoms with Crippen LogP contribution in [0.2, 0.25) is 5.15 Å². The summed E-state index contributed by atoms with van der Waals surface area (Å²) in [5.74, 6) is -0.384. The van der Waals surface area contributed by atoms with Crippen molar-refractivity contribution in [3.05, 3.63) is 23.0 Å². The maximum atomic E-state index is 11.7. The van der Waals surface area contributed by atoms with Gasteiger partial charge in [-0.3, -0.25) is 4.79 Å². The minimum atomic E-state index is -0.384. The first-order chi connectivity index (χ1) is 7.58. The van der Waals surface area contributed by atoms with E-state index in [9.17, 15) is 4.79 Å². The highest BCUT2D eigenvalue weighted by Crippen LogP contribution is 2.15. The average molecular weight is 244 g/mol. The highest BCUT2D eigenvalue weighted by molar-refractivity contribution is 6.32. The Hall–Kier alpha value is -1.33. The number of nitrogens with zero attached hydrogens (tertiary/aromatic N) is 1. The van der Waals surface area contributed by atoms with Gasteiger partial charge in [0.25, 0.3) is 5.91 Å². The van der Waals surface area contributed by atoms with E-state index in [0.29, 0.717) is 12.1 Å². The molecule has 0 spiro atoms. The molecule has 0 bridgehead atoms. The zero-order valence-corrected chi connectivity index (χ0v) is 9.66. The molecule has 4 N–H and O–H groups in total. The van der Waals surface area contributed by atoms with E-state index in [1.807, 2.05) is 6.92 Å². The molecule has 1 aromatic rings. The lowest BCUT2D eigenvalue weighted by atomic mass is 10.2. The van der Waals surface area contributed by atoms with Crippen molar-refractivity contribution < 1.29 is 9.90 Å². The summed E-state index contributed by atoms with van der Waals surface area (Å²) in [5, 5.41) is 11.7. The highest BCUT2D eigenvalue weighted by atomic mass is 35.5. The van der Waals surface area contributed by atoms with E-state index in [-0.39, 0.29) is 29.3 Å². The van der Waals surface area contributed by atoms with Crippen molar-refractivity contribution in [1.29, 1.82) is 0 Å². The van der Waals surface area contributed by atoms with Crippen molar-refractivity contribution in [3.63, 3.8) is 0 Å². The van der Waals surface area contributed by atoms with Crippen molar-refractivity contribution in [2.45, 2.75) is 19.4 Å². The van der Waals surface area contributed by atoms with Crippen LogP contribution in [-0.2, 0) is 0 Å². The third-order valence-corrected chi connectivity index (χ3v) is 2.45. The zero-order chi connectivity index (χ0) is 12.1. The van der Waals surface area contributed by atoms with E-state index >= 15 is 0 Å². The smallest absolute Gasteiger partial charge is 0.254 e. The zero-order valence-electron chi connectivity index (χ0n) is 8.90. The Kier molecular flexibility index (Phi) is 4.52. The molecule has 0 aliphatic heterocycles. The number of hydrogen-bond donors (Lipinski definition) is 3. The van der Waals surface area contributed by atoms with Gasteiger partial charge in [0.05, 0.1) is 30.1 Å². The van der Waals surface area contributed by atoms with Gasteiger partial charge in [0.2, 0.25) is 0 Å². The number of carbonyl (C=O) groups is 1. The van der Waals surface area contributed by atoms with Crippen LogP contribution in [0.1, 0.15) is 23.7 Å². The Morgan fingerprint density at radius 2 is 2.44 bits per heavy atom. The van der Waals surface area contributed by atoms with Gasteiger partial charge < -0.3 is 16.2 Å². The molecule has 0 saturated heterocycles. The van der Waals surface area contributed by atoms with Crippen LogP contribution in [0.15, 0.2) is 12.3 Å². The summed E-state index contributed by atoms with van der Waals surface area (Å²) < 4.78 is 0. The van der Waals surface area contributed by atoms with Crippen molar-refractivity contribution in [1.82, 2.24) is 10.3 Å². The number of halogens is 1. The summed E-state index contributed by atoms with van der Waals surface area (Å²) in [7, 11) is 0. The monoisotopic (exact) mass is 243 g/mol. The van der Waals surface area contributed by atoms with Crippen LogP contribution in [0.5, 0.6) is 0 Å². The minimum Gasteiger partial charge on any atom is -0.397 e. The predicted molar refractivity (Wildman–Crippen MR) is 62.3 cm³/mol. The first-order valence-corrected chi connectivity index (χ1v) is 5.29. The third kappa shape index (κ3) is 3.08. The first-order valence-electron chi connectivity index (χ1n) is 4.91. The fraction of sp³-hybridized carbons (Fsp3) is 0.400. The molecule has 1 atom stereocenters. The Morgan fingerprint density at radius 1 is 1.75 bits per heavy atom. The molecule has 0 aliphatic carbocycles. The second-order valence-electron chi connectivity index (χ2n) is 3.37. The summed E-state index contributed by atoms with van der Waals surface area (Å²) in [6.07, 6.45) is 2.01. The van der Waals surface area contributed by atoms with Crippen LogP contribution in [-0.4, -0.2) is 28.6 Å². The number of nitrogen functional groups attached to an aromatic ring is 1. The molecule has 6 heteroatoms. The van der Waals surface area contributed by atoms with Crippen LogP contribution >= 0.6 is 11.6 Å². The molecule has 0 aromatic carbocycles. The van der Waals surface area contributed by atoms with E-state index in [1.54, 1.807) is 0 Å². The van der Waals surface area contributed by atoms with Crippen molar-refractivity contribution in [2.75, 3.05) is 12.3 Å². The van der Waals surface area contributed by atoms with Crippen molar-refractivity contribution in [3.8, 4) is 0 Å². The molecule has 0 aliphatic rings. The molecule has 5 nitrogen and oxygen atoms in total. The van der Waals surface area contributed by atoms with Gasteiger partial charge in [-0.25, -0.2) is 4.98 Å². The second kappa shape index (κ2) is 5.67. The summed E-state index contributed by atoms with van der Waals surface area (Å²) in [6.45, 7) is 1.75. The number of hydrogen-bond acceptors (Lipinski definition) is 4. The lowest BCUT2D eigenvalue weighted by Crippen LogP contribution is -2.37. The van der Waals surface area contributed by atoms with Gasteiger partial charge in [-0.05, 0) is 12.5 Å². The predicted octanol–water partition coefficient (Wildman–Crippen LogP) is 0.818. The maximum Gasteiger partial charge on any atom is 0.254 e. The Morgan fingerprint density at radius 3 is 3.00 bits per heavy atom. The van der Waals surface area contributed by atoms with Crippen LogP contribution in [0.3, 0.4) is 0 Å². The molecular formula is C10H14ClN3O2. The largest absolute Gasteiger partial charge is 0.397 e. The maximum absolute atomic E-state index is 11.7. The van der Waals surface area contributed by atoms with E-state index in [2.05, 4.69) is 10.3 Å². The van der Waals surface area contributed by atoms with Crippen LogP contribution in [0.4, 0.5) is 5.69 Å². The fourth-order valence-corrected chi connectivity index (χ4v) is 1.35. The van der Waals surface area contributed by atoms with E-state index in [4.69, 9.17) is 22.4 Å². The highest BCUT2D eigenvalue weighted by Gasteiger charge is 2.15. The first kappa shape index (κ1) is 12.7. The topological polar surface area (TPSA) is 88.2 Å². The van der Waals surface area contributed by atoms with Gasteiger partial charge in [-0.1, -0.05) is 18.5 Å². The van der Waals surface area contributed by atoms with Crippen LogP contribution < -0.4 is 11.1 Å². The third-order valence-electron chi connectivity index (χ3n) is 2.15. The molecule has 88 valence electrons. The van der Waals surface area contributed by atoms with Gasteiger partial charge in [-0.2, -0.15) is 0 Å². The Labute approximate surface area is 98.6 Å². The molecule has 1 aromatic heterocycles. The average Bonchev–Trinajstić information content (AvgIpc) is 2.28. The lowest BCUT2D eigenvalue weighted by molar-refractivity contribution is 0.0915. The Bertz CT molecular complexity index is 380. The SMILES string of the molecule is CC[C@H](CO)NC(=O)c1cc(N)cnc1Cl. The number of aliphatic hydroxyl groups excluding tert-OH is 1. The number of anilines is 1. The van der Waals surface area contributed by atoms with Crippen molar-refractivity contribution in [2.24, 2.45) is 0 Å². The molecule has 1 amide bonds. The molecule has 1 rings (SSSR count). The quantitative estimate of drug-likeness (QED) is 0.683. The normalized spacial score (nSPS) is 12.2. The number of aliphatic hydroxyl groups is 1. The molecule has 1 heterocycles. The number of rotatable bonds is 4. The lowest BCUT2D eigenvalue weighted by Gasteiger charge is -2.14. The summed E-state index contributed by atoms with van der Waals surface area (Å²) >= 11 is 5.77. The summed E-state index contributed by atoms with van der Waals surface area (Å²) in [4.78, 5) is 15.5. The van der Waals surface area contributed by atoms with Gasteiger partial charge in [0, 0.05) is 0 Å². The molecule has 0 unspecified atom stereocenters. The van der Waals surface area contributed by atoms with Crippen LogP contribution in [0.25, 0.3) is 0 Å². The van der Waals surface area contributed by atoms with Gasteiger partial charge in [0.15, 0.2) is 0 Å². The number of pyridine rings is 1. The molecule has 0 saturated carbocycles. The fourth-order valence-electron chi connectivity index (χ4n) is 1.16. The number of nitrogens with one attached hydrogen (secondary N) is 1. The number of carbonyl (C=O) groups excluding carboxylic acids is 1. The van der Waals surface area contributed by atoms with E-state index in [0.717, 1.165) is 0 Å². The standard InChI is InChI=1S/C10H14ClN3O2/c1-2-7(5-15)14-10(16)8-3-6(12)4-13-9(8)11/h3-4,7,15H,2,5,12H2,1H3,(H,14,16)/t7-/m1/s1. The molecular weight excluding hydrogens is 230 g/mol. The van der Waals surface area contributed by atoms with Gasteiger partial charge in [-0.15, -0.1) is 0 Å². The summed E-state index contributed by atoms with van der Waals surface area (Å²) in [6, 6.07) is 1.17. The molecule has 0 radical (unpaired) electrons. The molecule has 0 fully saturated rings. The Balaban J connectivity index is 2.83. The number of nitrogens with two attached hydrogens (primary N) is 1. The van der Waals surface area contributed by atoms with Crippen molar-refractivity contribution >= 4 is 23.2 Å². The summed E-state index contributed by atoms with van der Waals surface area (Å²) in [5.41, 5.74) is 6.09. The van der Waals surface area contributed by atoms with E-state index < -0.39 is 0 Å². The van der Waals surface area contributed by atoms with Gasteiger partial charge in [0.1, 0.15) is 5.15 Å². The van der Waals surface area contributed by atoms with Crippen LogP contribution in [0, 0.1) is 0 Å². The van der Waals surface area contributed by atoms with E-state index in [1.165, 1.54) is 12.3 Å². The number of aromatic nitrogens is 1. The van der Waals surface area contributed by atoms with Gasteiger partial charge >= 0.3 is 0 Å².